The van der Waals surface area contributed by atoms with Crippen molar-refractivity contribution in [3.63, 3.8) is 0 Å². The Labute approximate surface area is 179 Å². The number of alkyl halides is 1. The molecule has 1 unspecified atom stereocenters. The van der Waals surface area contributed by atoms with Gasteiger partial charge in [0.1, 0.15) is 23.5 Å². The summed E-state index contributed by atoms with van der Waals surface area (Å²) in [7, 11) is 0. The van der Waals surface area contributed by atoms with Gasteiger partial charge in [-0.1, -0.05) is 18.2 Å². The Morgan fingerprint density at radius 2 is 2.03 bits per heavy atom. The van der Waals surface area contributed by atoms with Gasteiger partial charge >= 0.3 is 0 Å². The number of nitrogens with zero attached hydrogens (tertiary/aromatic N) is 4. The minimum absolute atomic E-state index is 0.0887. The van der Waals surface area contributed by atoms with Gasteiger partial charge in [-0.15, -0.1) is 0 Å². The fraction of sp³-hybridized carbons (Fsp3) is 0.364. The summed E-state index contributed by atoms with van der Waals surface area (Å²) in [6.45, 7) is 4.56. The number of carbonyl (C=O) groups excluding carboxylic acids is 1. The van der Waals surface area contributed by atoms with Crippen LogP contribution in [0.1, 0.15) is 31.8 Å². The van der Waals surface area contributed by atoms with Crippen LogP contribution >= 0.6 is 0 Å². The van der Waals surface area contributed by atoms with Crippen LogP contribution in [0.5, 0.6) is 0 Å². The van der Waals surface area contributed by atoms with E-state index < -0.39 is 11.7 Å². The van der Waals surface area contributed by atoms with E-state index in [0.717, 1.165) is 0 Å². The van der Waals surface area contributed by atoms with E-state index in [1.807, 2.05) is 24.5 Å². The zero-order valence-electron chi connectivity index (χ0n) is 17.6. The number of hydrazine groups is 1. The summed E-state index contributed by atoms with van der Waals surface area (Å²) in [4.78, 5) is 18.8. The highest BCUT2D eigenvalue weighted by molar-refractivity contribution is 5.80. The first kappa shape index (κ1) is 21.2. The molecule has 0 radical (unpaired) electrons. The zero-order valence-corrected chi connectivity index (χ0v) is 17.6. The molecule has 4 rings (SSSR count). The summed E-state index contributed by atoms with van der Waals surface area (Å²) < 4.78 is 29.6. The third kappa shape index (κ3) is 3.86. The van der Waals surface area contributed by atoms with Gasteiger partial charge in [-0.25, -0.2) is 19.6 Å². The molecule has 2 aliphatic rings. The molecule has 1 aromatic heterocycles. The minimum atomic E-state index is -1.12. The van der Waals surface area contributed by atoms with Crippen molar-refractivity contribution < 1.29 is 13.6 Å². The van der Waals surface area contributed by atoms with Crippen LogP contribution in [0.15, 0.2) is 42.5 Å². The quantitative estimate of drug-likeness (QED) is 0.577. The smallest absolute Gasteiger partial charge is 0.236 e. The number of aromatic nitrogens is 2. The van der Waals surface area contributed by atoms with E-state index in [1.54, 1.807) is 23.1 Å². The molecule has 2 heterocycles. The molecule has 0 saturated heterocycles. The van der Waals surface area contributed by atoms with E-state index in [0.29, 0.717) is 35.1 Å². The minimum Gasteiger partial charge on any atom is -0.332 e. The van der Waals surface area contributed by atoms with Crippen LogP contribution in [-0.2, 0) is 16.9 Å². The topological polar surface area (TPSA) is 93.4 Å². The molecule has 9 heteroatoms. The summed E-state index contributed by atoms with van der Waals surface area (Å²) in [5.74, 6) is 7.19. The van der Waals surface area contributed by atoms with Gasteiger partial charge in [0.05, 0.1) is 24.3 Å². The summed E-state index contributed by atoms with van der Waals surface area (Å²) in [5, 5.41) is 1.44. The van der Waals surface area contributed by atoms with Crippen molar-refractivity contribution in [3.8, 4) is 0 Å². The predicted molar refractivity (Wildman–Crippen MR) is 115 cm³/mol. The maximum atomic E-state index is 14.2. The highest BCUT2D eigenvalue weighted by Crippen LogP contribution is 2.40. The van der Waals surface area contributed by atoms with Crippen LogP contribution in [0.3, 0.4) is 0 Å². The molecule has 1 amide bonds. The van der Waals surface area contributed by atoms with E-state index in [2.05, 4.69) is 0 Å². The van der Waals surface area contributed by atoms with Crippen molar-refractivity contribution in [2.45, 2.75) is 38.5 Å². The molecular weight excluding hydrogens is 402 g/mol. The van der Waals surface area contributed by atoms with Gasteiger partial charge in [0, 0.05) is 13.0 Å². The number of rotatable bonds is 4. The monoisotopic (exact) mass is 428 g/mol. The number of allylic oxidation sites excluding steroid dienone is 4. The second-order valence-corrected chi connectivity index (χ2v) is 8.45. The number of fused-ring (bicyclic) bond motifs is 1. The Balaban J connectivity index is 1.89. The summed E-state index contributed by atoms with van der Waals surface area (Å²) in [6, 6.07) is 5.81. The number of imidazole rings is 1. The van der Waals surface area contributed by atoms with E-state index in [9.17, 15) is 13.6 Å². The SMILES string of the molecule is CC1(C)CN(C(=O)CN)Cc2nc(C3=CC=CC(F)C3)c(N(N)c3ccc(F)cc3)n21. The van der Waals surface area contributed by atoms with Crippen LogP contribution in [-0.4, -0.2) is 39.6 Å². The lowest BCUT2D eigenvalue weighted by atomic mass is 9.99. The standard InChI is InChI=1S/C22H26F2N6O/c1-22(2)13-28(19(31)11-25)12-18-27-20(14-4-3-5-16(24)10-14)21(29(18)22)30(26)17-8-6-15(23)7-9-17/h3-9,16H,10-13,25-26H2,1-2H3. The van der Waals surface area contributed by atoms with Crippen LogP contribution in [0.25, 0.3) is 5.57 Å². The molecule has 0 spiro atoms. The second-order valence-electron chi connectivity index (χ2n) is 8.45. The molecule has 0 saturated carbocycles. The summed E-state index contributed by atoms with van der Waals surface area (Å²) >= 11 is 0. The van der Waals surface area contributed by atoms with Crippen molar-refractivity contribution in [3.05, 3.63) is 59.8 Å². The van der Waals surface area contributed by atoms with Crippen LogP contribution < -0.4 is 16.6 Å². The number of anilines is 2. The largest absolute Gasteiger partial charge is 0.332 e. The van der Waals surface area contributed by atoms with E-state index in [1.165, 1.54) is 23.2 Å². The lowest BCUT2D eigenvalue weighted by Crippen LogP contribution is -2.51. The number of amides is 1. The molecule has 7 nitrogen and oxygen atoms in total. The molecule has 1 aliphatic heterocycles. The molecule has 4 N–H and O–H groups in total. The van der Waals surface area contributed by atoms with E-state index in [4.69, 9.17) is 16.6 Å². The van der Waals surface area contributed by atoms with Gasteiger partial charge < -0.3 is 15.2 Å². The Morgan fingerprint density at radius 3 is 2.68 bits per heavy atom. The van der Waals surface area contributed by atoms with Crippen LogP contribution in [0.2, 0.25) is 0 Å². The van der Waals surface area contributed by atoms with E-state index >= 15 is 0 Å². The number of hydrogen-bond acceptors (Lipinski definition) is 5. The first-order valence-electron chi connectivity index (χ1n) is 10.1. The molecule has 164 valence electrons. The van der Waals surface area contributed by atoms with Crippen molar-refractivity contribution in [1.82, 2.24) is 14.5 Å². The van der Waals surface area contributed by atoms with Gasteiger partial charge in [0.15, 0.2) is 5.82 Å². The van der Waals surface area contributed by atoms with Gasteiger partial charge in [0.25, 0.3) is 0 Å². The molecule has 1 atom stereocenters. The third-order valence-electron chi connectivity index (χ3n) is 5.63. The van der Waals surface area contributed by atoms with Crippen molar-refractivity contribution in [1.29, 1.82) is 0 Å². The lowest BCUT2D eigenvalue weighted by Gasteiger charge is -2.41. The first-order chi connectivity index (χ1) is 14.7. The third-order valence-corrected chi connectivity index (χ3v) is 5.63. The molecule has 1 aromatic carbocycles. The number of hydrogen-bond donors (Lipinski definition) is 2. The van der Waals surface area contributed by atoms with Crippen molar-refractivity contribution in [2.75, 3.05) is 18.1 Å². The summed E-state index contributed by atoms with van der Waals surface area (Å²) in [5.41, 5.74) is 6.83. The van der Waals surface area contributed by atoms with Gasteiger partial charge in [-0.05, 0) is 43.7 Å². The Morgan fingerprint density at radius 1 is 1.32 bits per heavy atom. The van der Waals surface area contributed by atoms with Gasteiger partial charge in [-0.2, -0.15) is 0 Å². The molecule has 2 aromatic rings. The maximum absolute atomic E-state index is 14.2. The first-order valence-corrected chi connectivity index (χ1v) is 10.1. The van der Waals surface area contributed by atoms with E-state index in [-0.39, 0.29) is 31.2 Å². The predicted octanol–water partition coefficient (Wildman–Crippen LogP) is 2.75. The molecule has 1 aliphatic carbocycles. The average molecular weight is 428 g/mol. The zero-order chi connectivity index (χ0) is 22.3. The molecule has 31 heavy (non-hydrogen) atoms. The van der Waals surface area contributed by atoms with Gasteiger partial charge in [0.2, 0.25) is 5.91 Å². The van der Waals surface area contributed by atoms with Crippen LogP contribution in [0.4, 0.5) is 20.3 Å². The summed E-state index contributed by atoms with van der Waals surface area (Å²) in [6.07, 6.45) is 4.03. The lowest BCUT2D eigenvalue weighted by molar-refractivity contribution is -0.132. The number of benzene rings is 1. The number of carbonyl (C=O) groups is 1. The van der Waals surface area contributed by atoms with Crippen molar-refractivity contribution >= 4 is 23.0 Å². The second kappa shape index (κ2) is 7.90. The molecular formula is C22H26F2N6O. The Bertz CT molecular complexity index is 1060. The average Bonchev–Trinajstić information content (AvgIpc) is 3.13. The maximum Gasteiger partial charge on any atom is 0.236 e. The van der Waals surface area contributed by atoms with Gasteiger partial charge in [-0.3, -0.25) is 9.80 Å². The number of halogens is 2. The van der Waals surface area contributed by atoms with Crippen LogP contribution in [0, 0.1) is 5.82 Å². The normalized spacial score (nSPS) is 19.7. The molecule has 0 bridgehead atoms. The highest BCUT2D eigenvalue weighted by Gasteiger charge is 2.39. The molecule has 0 fully saturated rings. The number of nitrogens with two attached hydrogens (primary N) is 2. The Hall–Kier alpha value is -3.04. The fourth-order valence-corrected chi connectivity index (χ4v) is 4.24. The Kier molecular flexibility index (Phi) is 5.40. The van der Waals surface area contributed by atoms with Crippen molar-refractivity contribution in [2.24, 2.45) is 11.6 Å². The fourth-order valence-electron chi connectivity index (χ4n) is 4.24. The highest BCUT2D eigenvalue weighted by atomic mass is 19.1.